The molecule has 0 radical (unpaired) electrons. The highest BCUT2D eigenvalue weighted by Crippen LogP contribution is 2.54. The molecular formula is C22H25N3O3S. The summed E-state index contributed by atoms with van der Waals surface area (Å²) < 4.78 is 11.1. The Morgan fingerprint density at radius 3 is 2.45 bits per heavy atom. The molecule has 4 aliphatic carbocycles. The number of benzene rings is 1. The Labute approximate surface area is 173 Å². The minimum absolute atomic E-state index is 0.116. The number of rotatable bonds is 4. The molecule has 2 heterocycles. The van der Waals surface area contributed by atoms with Gasteiger partial charge in [-0.1, -0.05) is 11.3 Å². The van der Waals surface area contributed by atoms with Crippen LogP contribution >= 0.6 is 11.3 Å². The Morgan fingerprint density at radius 2 is 1.72 bits per heavy atom. The van der Waals surface area contributed by atoms with Crippen molar-refractivity contribution in [3.8, 4) is 11.5 Å². The van der Waals surface area contributed by atoms with Gasteiger partial charge < -0.3 is 20.5 Å². The van der Waals surface area contributed by atoms with Crippen LogP contribution in [0.3, 0.4) is 0 Å². The second-order valence-electron chi connectivity index (χ2n) is 9.02. The summed E-state index contributed by atoms with van der Waals surface area (Å²) in [6, 6.07) is 5.76. The average Bonchev–Trinajstić information content (AvgIpc) is 3.09. The zero-order valence-corrected chi connectivity index (χ0v) is 17.0. The number of hydrogen-bond donors (Lipinski definition) is 2. The molecule has 152 valence electrons. The third kappa shape index (κ3) is 2.98. The van der Waals surface area contributed by atoms with Gasteiger partial charge in [0.2, 0.25) is 5.78 Å². The summed E-state index contributed by atoms with van der Waals surface area (Å²) in [5, 5.41) is 4.45. The van der Waals surface area contributed by atoms with Gasteiger partial charge in [0.1, 0.15) is 23.9 Å². The lowest BCUT2D eigenvalue weighted by Crippen LogP contribution is -2.51. The van der Waals surface area contributed by atoms with Gasteiger partial charge in [0, 0.05) is 11.6 Å². The lowest BCUT2D eigenvalue weighted by atomic mass is 9.54. The Hall–Kier alpha value is -2.28. The molecule has 7 heteroatoms. The van der Waals surface area contributed by atoms with Crippen LogP contribution in [0.15, 0.2) is 18.2 Å². The van der Waals surface area contributed by atoms with Crippen molar-refractivity contribution in [2.45, 2.75) is 38.1 Å². The summed E-state index contributed by atoms with van der Waals surface area (Å²) in [5.41, 5.74) is 6.70. The molecule has 4 saturated carbocycles. The van der Waals surface area contributed by atoms with Crippen molar-refractivity contribution in [2.24, 2.45) is 23.7 Å². The number of carbonyl (C=O) groups is 1. The molecule has 0 spiro atoms. The van der Waals surface area contributed by atoms with Gasteiger partial charge >= 0.3 is 0 Å². The largest absolute Gasteiger partial charge is 0.486 e. The number of ketones is 1. The molecule has 0 amide bonds. The number of nitrogens with zero attached hydrogens (tertiary/aromatic N) is 1. The monoisotopic (exact) mass is 411 g/mol. The zero-order chi connectivity index (χ0) is 19.5. The quantitative estimate of drug-likeness (QED) is 0.741. The predicted octanol–water partition coefficient (Wildman–Crippen LogP) is 3.96. The molecule has 0 atom stereocenters. The van der Waals surface area contributed by atoms with E-state index in [0.717, 1.165) is 28.8 Å². The summed E-state index contributed by atoms with van der Waals surface area (Å²) in [6.45, 7) is 1.02. The van der Waals surface area contributed by atoms with Crippen molar-refractivity contribution in [3.63, 3.8) is 0 Å². The van der Waals surface area contributed by atoms with E-state index < -0.39 is 0 Å². The van der Waals surface area contributed by atoms with Gasteiger partial charge in [-0.05, 0) is 74.0 Å². The first-order chi connectivity index (χ1) is 14.1. The van der Waals surface area contributed by atoms with Gasteiger partial charge in [-0.3, -0.25) is 4.79 Å². The molecule has 1 aliphatic heterocycles. The number of thiazole rings is 1. The van der Waals surface area contributed by atoms with E-state index in [1.165, 1.54) is 43.4 Å². The number of ether oxygens (including phenoxy) is 2. The van der Waals surface area contributed by atoms with Crippen LogP contribution in [0.25, 0.3) is 0 Å². The maximum Gasteiger partial charge on any atom is 0.206 e. The van der Waals surface area contributed by atoms with Crippen molar-refractivity contribution in [3.05, 3.63) is 28.6 Å². The number of anilines is 2. The summed E-state index contributed by atoms with van der Waals surface area (Å²) in [4.78, 5) is 18.1. The lowest BCUT2D eigenvalue weighted by molar-refractivity contribution is 0.00754. The smallest absolute Gasteiger partial charge is 0.206 e. The fourth-order valence-electron chi connectivity index (χ4n) is 6.18. The first-order valence-corrected chi connectivity index (χ1v) is 11.4. The Kier molecular flexibility index (Phi) is 4.01. The summed E-state index contributed by atoms with van der Waals surface area (Å²) in [6.07, 6.45) is 6.81. The zero-order valence-electron chi connectivity index (χ0n) is 16.2. The second kappa shape index (κ2) is 6.62. The highest BCUT2D eigenvalue weighted by Gasteiger charge is 2.48. The van der Waals surface area contributed by atoms with E-state index in [-0.39, 0.29) is 5.78 Å². The summed E-state index contributed by atoms with van der Waals surface area (Å²) >= 11 is 1.38. The van der Waals surface area contributed by atoms with Gasteiger partial charge in [0.25, 0.3) is 0 Å². The summed E-state index contributed by atoms with van der Waals surface area (Å²) in [5.74, 6) is 4.83. The molecule has 1 aromatic heterocycles. The third-order valence-electron chi connectivity index (χ3n) is 7.18. The molecule has 29 heavy (non-hydrogen) atoms. The third-order valence-corrected chi connectivity index (χ3v) is 8.18. The van der Waals surface area contributed by atoms with Gasteiger partial charge in [-0.2, -0.15) is 0 Å². The van der Waals surface area contributed by atoms with E-state index in [1.807, 2.05) is 0 Å². The van der Waals surface area contributed by atoms with E-state index in [0.29, 0.717) is 47.0 Å². The molecule has 4 fully saturated rings. The van der Waals surface area contributed by atoms with Gasteiger partial charge in [0.15, 0.2) is 16.6 Å². The lowest BCUT2D eigenvalue weighted by Gasteiger charge is -2.54. The number of nitrogens with two attached hydrogens (primary N) is 1. The standard InChI is InChI=1S/C22H25N3O3S/c23-21-20(19(26)13-1-2-16-17(10-13)28-4-3-27-16)29-22(25-21)24-18-14-6-11-5-12(8-14)9-15(18)7-11/h1-2,10-12,14-15,18H,3-9,23H2,(H,24,25). The topological polar surface area (TPSA) is 86.5 Å². The normalized spacial score (nSPS) is 31.7. The molecule has 0 saturated heterocycles. The molecular weight excluding hydrogens is 386 g/mol. The van der Waals surface area contributed by atoms with Crippen LogP contribution in [0.1, 0.15) is 47.3 Å². The number of fused-ring (bicyclic) bond motifs is 1. The van der Waals surface area contributed by atoms with Crippen molar-refractivity contribution < 1.29 is 14.3 Å². The van der Waals surface area contributed by atoms with Gasteiger partial charge in [-0.25, -0.2) is 4.98 Å². The SMILES string of the molecule is Nc1nc(NC2C3CC4CC(C3)CC2C4)sc1C(=O)c1ccc2c(c1)OCCO2. The minimum Gasteiger partial charge on any atom is -0.486 e. The number of carbonyl (C=O) groups excluding carboxylic acids is 1. The van der Waals surface area contributed by atoms with Crippen LogP contribution in [-0.4, -0.2) is 30.0 Å². The number of aromatic nitrogens is 1. The average molecular weight is 412 g/mol. The van der Waals surface area contributed by atoms with E-state index in [1.54, 1.807) is 18.2 Å². The fraction of sp³-hybridized carbons (Fsp3) is 0.545. The fourth-order valence-corrected chi connectivity index (χ4v) is 7.07. The summed E-state index contributed by atoms with van der Waals surface area (Å²) in [7, 11) is 0. The maximum absolute atomic E-state index is 13.1. The highest BCUT2D eigenvalue weighted by atomic mass is 32.1. The minimum atomic E-state index is -0.116. The molecule has 3 N–H and O–H groups in total. The van der Waals surface area contributed by atoms with Crippen LogP contribution in [0.4, 0.5) is 10.9 Å². The number of hydrogen-bond acceptors (Lipinski definition) is 7. The van der Waals surface area contributed by atoms with Crippen LogP contribution in [0, 0.1) is 23.7 Å². The van der Waals surface area contributed by atoms with Crippen LogP contribution in [0.2, 0.25) is 0 Å². The molecule has 2 aromatic rings. The first kappa shape index (κ1) is 17.6. The first-order valence-electron chi connectivity index (χ1n) is 10.6. The number of nitrogen functional groups attached to an aromatic ring is 1. The second-order valence-corrected chi connectivity index (χ2v) is 10.0. The van der Waals surface area contributed by atoms with Crippen LogP contribution < -0.4 is 20.5 Å². The molecule has 6 nitrogen and oxygen atoms in total. The van der Waals surface area contributed by atoms with E-state index in [4.69, 9.17) is 15.2 Å². The van der Waals surface area contributed by atoms with Crippen molar-refractivity contribution in [1.82, 2.24) is 4.98 Å². The molecule has 5 aliphatic rings. The predicted molar refractivity (Wildman–Crippen MR) is 112 cm³/mol. The van der Waals surface area contributed by atoms with Gasteiger partial charge in [0.05, 0.1) is 0 Å². The van der Waals surface area contributed by atoms with Gasteiger partial charge in [-0.15, -0.1) is 0 Å². The van der Waals surface area contributed by atoms with Crippen molar-refractivity contribution in [1.29, 1.82) is 0 Å². The van der Waals surface area contributed by atoms with Crippen LogP contribution in [0.5, 0.6) is 11.5 Å². The Balaban J connectivity index is 1.23. The molecule has 4 bridgehead atoms. The van der Waals surface area contributed by atoms with E-state index >= 15 is 0 Å². The maximum atomic E-state index is 13.1. The molecule has 7 rings (SSSR count). The van der Waals surface area contributed by atoms with Crippen molar-refractivity contribution >= 4 is 28.1 Å². The van der Waals surface area contributed by atoms with Crippen molar-refractivity contribution in [2.75, 3.05) is 24.3 Å². The Bertz CT molecular complexity index is 944. The molecule has 0 unspecified atom stereocenters. The number of nitrogens with one attached hydrogen (secondary N) is 1. The van der Waals surface area contributed by atoms with Crippen LogP contribution in [-0.2, 0) is 0 Å². The highest BCUT2D eigenvalue weighted by molar-refractivity contribution is 7.18. The molecule has 1 aromatic carbocycles. The van der Waals surface area contributed by atoms with E-state index in [2.05, 4.69) is 10.3 Å². The van der Waals surface area contributed by atoms with E-state index in [9.17, 15) is 4.79 Å². The Morgan fingerprint density at radius 1 is 1.03 bits per heavy atom.